The summed E-state index contributed by atoms with van der Waals surface area (Å²) in [4.78, 5) is 15.2. The number of carbonyl (C=O) groups excluding carboxylic acids is 1. The van der Waals surface area contributed by atoms with E-state index in [4.69, 9.17) is 0 Å². The van der Waals surface area contributed by atoms with Gasteiger partial charge in [-0.3, -0.25) is 4.79 Å². The van der Waals surface area contributed by atoms with Gasteiger partial charge in [-0.2, -0.15) is 0 Å². The molecule has 0 saturated heterocycles. The highest BCUT2D eigenvalue weighted by molar-refractivity contribution is 5.85. The van der Waals surface area contributed by atoms with Crippen molar-refractivity contribution in [1.82, 2.24) is 10.2 Å². The van der Waals surface area contributed by atoms with E-state index in [0.717, 1.165) is 17.5 Å². The summed E-state index contributed by atoms with van der Waals surface area (Å²) in [6.07, 6.45) is 0.835. The average Bonchev–Trinajstić information content (AvgIpc) is 3.23. The third-order valence-electron chi connectivity index (χ3n) is 7.02. The molecule has 29 heavy (non-hydrogen) atoms. The molecule has 0 radical (unpaired) electrons. The lowest BCUT2D eigenvalue weighted by Gasteiger charge is -2.26. The maximum Gasteiger partial charge on any atom is 0.224 e. The Morgan fingerprint density at radius 1 is 1.17 bits per heavy atom. The van der Waals surface area contributed by atoms with Crippen molar-refractivity contribution in [2.45, 2.75) is 45.6 Å². The lowest BCUT2D eigenvalue weighted by molar-refractivity contribution is -0.123. The van der Waals surface area contributed by atoms with Crippen LogP contribution in [0.15, 0.2) is 42.5 Å². The van der Waals surface area contributed by atoms with Gasteiger partial charge in [0.1, 0.15) is 5.75 Å². The Morgan fingerprint density at radius 3 is 2.31 bits per heavy atom. The first-order chi connectivity index (χ1) is 13.7. The monoisotopic (exact) mass is 394 g/mol. The Labute approximate surface area is 174 Å². The predicted octanol–water partition coefficient (Wildman–Crippen LogP) is 3.82. The SMILES string of the molecule is Cc1cc(O)cc(C)c1C[C@@H](CNC(=O)C1C(C)[C@@]1(C)c1ccccc1)N(C)C. The van der Waals surface area contributed by atoms with E-state index in [1.807, 2.05) is 44.2 Å². The minimum Gasteiger partial charge on any atom is -0.508 e. The lowest BCUT2D eigenvalue weighted by Crippen LogP contribution is -2.42. The molecule has 4 heteroatoms. The second kappa shape index (κ2) is 8.19. The normalized spacial score (nSPS) is 24.4. The number of hydrogen-bond acceptors (Lipinski definition) is 3. The Kier molecular flexibility index (Phi) is 6.04. The summed E-state index contributed by atoms with van der Waals surface area (Å²) in [6, 6.07) is 14.2. The van der Waals surface area contributed by atoms with Crippen LogP contribution < -0.4 is 5.32 Å². The van der Waals surface area contributed by atoms with Gasteiger partial charge in [0.15, 0.2) is 0 Å². The van der Waals surface area contributed by atoms with Crippen molar-refractivity contribution in [3.05, 3.63) is 64.7 Å². The van der Waals surface area contributed by atoms with E-state index in [1.165, 1.54) is 11.1 Å². The van der Waals surface area contributed by atoms with Crippen molar-refractivity contribution in [3.63, 3.8) is 0 Å². The van der Waals surface area contributed by atoms with Crippen LogP contribution >= 0.6 is 0 Å². The molecule has 3 rings (SSSR count). The highest BCUT2D eigenvalue weighted by atomic mass is 16.3. The molecule has 1 saturated carbocycles. The van der Waals surface area contributed by atoms with E-state index < -0.39 is 0 Å². The first-order valence-electron chi connectivity index (χ1n) is 10.4. The number of likely N-dealkylation sites (N-methyl/N-ethyl adjacent to an activating group) is 1. The quantitative estimate of drug-likeness (QED) is 0.751. The standard InChI is InChI=1S/C25H34N2O2/c1-16-12-21(28)13-17(2)22(16)14-20(27(5)6)15-26-24(29)23-18(3)25(23,4)19-10-8-7-9-11-19/h7-13,18,20,23,28H,14-15H2,1-6H3,(H,26,29)/t18?,20-,23?,25-/m0/s1. The van der Waals surface area contributed by atoms with E-state index in [9.17, 15) is 9.90 Å². The highest BCUT2D eigenvalue weighted by Gasteiger charge is 2.62. The molecule has 1 fully saturated rings. The zero-order chi connectivity index (χ0) is 21.3. The van der Waals surface area contributed by atoms with Gasteiger partial charge >= 0.3 is 0 Å². The Hall–Kier alpha value is -2.33. The Bertz CT molecular complexity index is 855. The van der Waals surface area contributed by atoms with Crippen LogP contribution in [-0.4, -0.2) is 42.6 Å². The number of phenols is 1. The number of rotatable bonds is 7. The van der Waals surface area contributed by atoms with Gasteiger partial charge in [0.2, 0.25) is 5.91 Å². The summed E-state index contributed by atoms with van der Waals surface area (Å²) in [6.45, 7) is 9.04. The van der Waals surface area contributed by atoms with Crippen LogP contribution in [0, 0.1) is 25.7 Å². The molecular weight excluding hydrogens is 360 g/mol. The smallest absolute Gasteiger partial charge is 0.224 e. The summed E-state index contributed by atoms with van der Waals surface area (Å²) in [7, 11) is 4.10. The zero-order valence-corrected chi connectivity index (χ0v) is 18.5. The summed E-state index contributed by atoms with van der Waals surface area (Å²) in [5.74, 6) is 0.811. The van der Waals surface area contributed by atoms with Gasteiger partial charge in [0, 0.05) is 18.0 Å². The number of nitrogens with one attached hydrogen (secondary N) is 1. The highest BCUT2D eigenvalue weighted by Crippen LogP contribution is 2.59. The average molecular weight is 395 g/mol. The van der Waals surface area contributed by atoms with Crippen LogP contribution in [0.25, 0.3) is 0 Å². The van der Waals surface area contributed by atoms with Crippen LogP contribution in [-0.2, 0) is 16.6 Å². The molecule has 0 heterocycles. The molecule has 1 aliphatic rings. The molecule has 0 aliphatic heterocycles. The molecule has 1 amide bonds. The number of aryl methyl sites for hydroxylation is 2. The second-order valence-corrected chi connectivity index (χ2v) is 9.04. The number of nitrogens with zero attached hydrogens (tertiary/aromatic N) is 1. The summed E-state index contributed by atoms with van der Waals surface area (Å²) < 4.78 is 0. The molecule has 156 valence electrons. The molecule has 2 aromatic rings. The minimum atomic E-state index is -0.0803. The molecule has 0 aromatic heterocycles. The van der Waals surface area contributed by atoms with Crippen LogP contribution in [0.4, 0.5) is 0 Å². The van der Waals surface area contributed by atoms with Crippen molar-refractivity contribution < 1.29 is 9.90 Å². The minimum absolute atomic E-state index is 0.0184. The van der Waals surface area contributed by atoms with Crippen molar-refractivity contribution in [3.8, 4) is 5.75 Å². The van der Waals surface area contributed by atoms with E-state index >= 15 is 0 Å². The van der Waals surface area contributed by atoms with Gasteiger partial charge in [-0.25, -0.2) is 0 Å². The number of hydrogen-bond donors (Lipinski definition) is 2. The Balaban J connectivity index is 1.67. The van der Waals surface area contributed by atoms with Gasteiger partial charge in [-0.15, -0.1) is 0 Å². The van der Waals surface area contributed by atoms with E-state index in [1.54, 1.807) is 0 Å². The van der Waals surface area contributed by atoms with Crippen LogP contribution in [0.2, 0.25) is 0 Å². The van der Waals surface area contributed by atoms with Crippen molar-refractivity contribution in [1.29, 1.82) is 0 Å². The first-order valence-corrected chi connectivity index (χ1v) is 10.4. The topological polar surface area (TPSA) is 52.6 Å². The third-order valence-corrected chi connectivity index (χ3v) is 7.02. The lowest BCUT2D eigenvalue weighted by atomic mass is 9.94. The predicted molar refractivity (Wildman–Crippen MR) is 118 cm³/mol. The van der Waals surface area contributed by atoms with E-state index in [0.29, 0.717) is 18.2 Å². The zero-order valence-electron chi connectivity index (χ0n) is 18.5. The largest absolute Gasteiger partial charge is 0.508 e. The number of aromatic hydroxyl groups is 1. The molecule has 4 nitrogen and oxygen atoms in total. The van der Waals surface area contributed by atoms with Gasteiger partial charge in [0.25, 0.3) is 0 Å². The van der Waals surface area contributed by atoms with Gasteiger partial charge in [-0.05, 0) is 74.7 Å². The summed E-state index contributed by atoms with van der Waals surface area (Å²) in [5, 5.41) is 13.0. The van der Waals surface area contributed by atoms with Crippen LogP contribution in [0.3, 0.4) is 0 Å². The van der Waals surface area contributed by atoms with Crippen LogP contribution in [0.5, 0.6) is 5.75 Å². The van der Waals surface area contributed by atoms with Gasteiger partial charge in [0.05, 0.1) is 5.92 Å². The number of amides is 1. The van der Waals surface area contributed by atoms with E-state index in [-0.39, 0.29) is 23.3 Å². The molecule has 0 bridgehead atoms. The van der Waals surface area contributed by atoms with Crippen molar-refractivity contribution >= 4 is 5.91 Å². The number of carbonyl (C=O) groups is 1. The molecular formula is C25H34N2O2. The fourth-order valence-electron chi connectivity index (χ4n) is 4.76. The number of benzene rings is 2. The van der Waals surface area contributed by atoms with Crippen molar-refractivity contribution in [2.24, 2.45) is 11.8 Å². The number of phenolic OH excluding ortho intramolecular Hbond substituents is 1. The van der Waals surface area contributed by atoms with E-state index in [2.05, 4.69) is 50.3 Å². The molecule has 2 aromatic carbocycles. The molecule has 1 aliphatic carbocycles. The fraction of sp³-hybridized carbons (Fsp3) is 0.480. The first kappa shape index (κ1) is 21.4. The maximum atomic E-state index is 13.0. The van der Waals surface area contributed by atoms with Crippen molar-refractivity contribution in [2.75, 3.05) is 20.6 Å². The summed E-state index contributed by atoms with van der Waals surface area (Å²) in [5.41, 5.74) is 4.58. The molecule has 0 spiro atoms. The summed E-state index contributed by atoms with van der Waals surface area (Å²) >= 11 is 0. The molecule has 2 N–H and O–H groups in total. The fourth-order valence-corrected chi connectivity index (χ4v) is 4.76. The molecule has 4 atom stereocenters. The van der Waals surface area contributed by atoms with Gasteiger partial charge in [-0.1, -0.05) is 44.2 Å². The third kappa shape index (κ3) is 4.18. The van der Waals surface area contributed by atoms with Crippen LogP contribution in [0.1, 0.15) is 36.1 Å². The Morgan fingerprint density at radius 2 is 1.76 bits per heavy atom. The maximum absolute atomic E-state index is 13.0. The molecule has 2 unspecified atom stereocenters. The second-order valence-electron chi connectivity index (χ2n) is 9.04. The van der Waals surface area contributed by atoms with Gasteiger partial charge < -0.3 is 15.3 Å².